The van der Waals surface area contributed by atoms with Gasteiger partial charge in [0.05, 0.1) is 0 Å². The Morgan fingerprint density at radius 3 is 2.80 bits per heavy atom. The lowest BCUT2D eigenvalue weighted by Gasteiger charge is -2.18. The minimum Gasteiger partial charge on any atom is -0.481 e. The van der Waals surface area contributed by atoms with Crippen LogP contribution >= 0.6 is 0 Å². The van der Waals surface area contributed by atoms with Gasteiger partial charge in [-0.1, -0.05) is 30.3 Å². The Kier molecular flexibility index (Phi) is 5.26. The lowest BCUT2D eigenvalue weighted by Crippen LogP contribution is -2.21. The molecule has 1 unspecified atom stereocenters. The molecular formula is C16H17N2O2. The number of nitrogens with zero attached hydrogens (tertiary/aromatic N) is 1. The van der Waals surface area contributed by atoms with E-state index < -0.39 is 5.97 Å². The molecule has 1 atom stereocenters. The highest BCUT2D eigenvalue weighted by Crippen LogP contribution is 2.18. The fourth-order valence-corrected chi connectivity index (χ4v) is 2.03. The molecule has 2 rings (SSSR count). The smallest absolute Gasteiger partial charge is 0.303 e. The molecule has 1 heterocycles. The van der Waals surface area contributed by atoms with E-state index in [2.05, 4.69) is 16.4 Å². The van der Waals surface area contributed by atoms with Crippen LogP contribution in [0.4, 0.5) is 0 Å². The Balaban J connectivity index is 2.01. The van der Waals surface area contributed by atoms with E-state index in [1.165, 1.54) is 0 Å². The molecule has 1 aromatic heterocycles. The van der Waals surface area contributed by atoms with Gasteiger partial charge in [0.2, 0.25) is 0 Å². The molecule has 2 N–H and O–H groups in total. The maximum Gasteiger partial charge on any atom is 0.303 e. The predicted octanol–water partition coefficient (Wildman–Crippen LogP) is 2.58. The third-order valence-corrected chi connectivity index (χ3v) is 3.07. The molecule has 0 saturated carbocycles. The predicted molar refractivity (Wildman–Crippen MR) is 76.0 cm³/mol. The Hall–Kier alpha value is -2.20. The van der Waals surface area contributed by atoms with Gasteiger partial charge in [0.1, 0.15) is 0 Å². The molecule has 0 spiro atoms. The first-order valence-electron chi connectivity index (χ1n) is 6.56. The van der Waals surface area contributed by atoms with Gasteiger partial charge in [-0.15, -0.1) is 0 Å². The molecule has 0 amide bonds. The second-order valence-electron chi connectivity index (χ2n) is 4.56. The molecule has 0 aliphatic carbocycles. The van der Waals surface area contributed by atoms with Crippen molar-refractivity contribution >= 4 is 5.97 Å². The second-order valence-corrected chi connectivity index (χ2v) is 4.56. The van der Waals surface area contributed by atoms with E-state index in [0.717, 1.165) is 11.1 Å². The summed E-state index contributed by atoms with van der Waals surface area (Å²) in [6.07, 6.45) is 4.24. The molecule has 1 aromatic carbocycles. The quantitative estimate of drug-likeness (QED) is 0.811. The fraction of sp³-hybridized carbons (Fsp3) is 0.250. The molecule has 4 heteroatoms. The summed E-state index contributed by atoms with van der Waals surface area (Å²) in [5.74, 6) is -0.777. The second kappa shape index (κ2) is 7.40. The van der Waals surface area contributed by atoms with Crippen molar-refractivity contribution in [2.75, 3.05) is 0 Å². The van der Waals surface area contributed by atoms with Gasteiger partial charge in [0, 0.05) is 31.4 Å². The van der Waals surface area contributed by atoms with Crippen LogP contribution in [0.1, 0.15) is 30.0 Å². The van der Waals surface area contributed by atoms with Crippen LogP contribution in [-0.2, 0) is 11.3 Å². The number of hydrogen-bond donors (Lipinski definition) is 2. The van der Waals surface area contributed by atoms with Crippen LogP contribution in [0.3, 0.4) is 0 Å². The van der Waals surface area contributed by atoms with Gasteiger partial charge in [0.15, 0.2) is 0 Å². The number of carboxylic acid groups (broad SMARTS) is 1. The minimum atomic E-state index is -0.777. The number of pyridine rings is 1. The van der Waals surface area contributed by atoms with Crippen molar-refractivity contribution in [2.24, 2.45) is 0 Å². The molecule has 20 heavy (non-hydrogen) atoms. The summed E-state index contributed by atoms with van der Waals surface area (Å²) >= 11 is 0. The first-order valence-corrected chi connectivity index (χ1v) is 6.56. The van der Waals surface area contributed by atoms with Crippen LogP contribution in [-0.4, -0.2) is 16.1 Å². The molecule has 103 valence electrons. The number of carbonyl (C=O) groups is 1. The maximum absolute atomic E-state index is 10.8. The maximum atomic E-state index is 10.8. The topological polar surface area (TPSA) is 62.2 Å². The lowest BCUT2D eigenvalue weighted by molar-refractivity contribution is -0.137. The number of hydrogen-bond acceptors (Lipinski definition) is 3. The third-order valence-electron chi connectivity index (χ3n) is 3.07. The molecular weight excluding hydrogens is 252 g/mol. The van der Waals surface area contributed by atoms with Crippen LogP contribution in [0.25, 0.3) is 0 Å². The van der Waals surface area contributed by atoms with Crippen LogP contribution in [0.2, 0.25) is 0 Å². The van der Waals surface area contributed by atoms with E-state index >= 15 is 0 Å². The zero-order valence-electron chi connectivity index (χ0n) is 11.1. The van der Waals surface area contributed by atoms with E-state index in [-0.39, 0.29) is 12.5 Å². The number of aliphatic carboxylic acids is 1. The molecule has 2 aromatic rings. The Labute approximate surface area is 118 Å². The van der Waals surface area contributed by atoms with Gasteiger partial charge in [-0.25, -0.2) is 0 Å². The molecule has 4 nitrogen and oxygen atoms in total. The summed E-state index contributed by atoms with van der Waals surface area (Å²) in [5.41, 5.74) is 2.16. The van der Waals surface area contributed by atoms with E-state index in [1.54, 1.807) is 12.4 Å². The van der Waals surface area contributed by atoms with E-state index in [9.17, 15) is 4.79 Å². The van der Waals surface area contributed by atoms with Crippen LogP contribution < -0.4 is 5.32 Å². The fourth-order valence-electron chi connectivity index (χ4n) is 2.03. The zero-order valence-corrected chi connectivity index (χ0v) is 11.1. The summed E-state index contributed by atoms with van der Waals surface area (Å²) in [6, 6.07) is 14.5. The minimum absolute atomic E-state index is 0.0147. The SMILES string of the molecule is O=C(O)CCC(NCc1cccnc1)c1cc[c]cc1. The Morgan fingerprint density at radius 2 is 2.15 bits per heavy atom. The average Bonchev–Trinajstić information content (AvgIpc) is 2.49. The van der Waals surface area contributed by atoms with Crippen LogP contribution in [0, 0.1) is 6.07 Å². The normalized spacial score (nSPS) is 12.0. The highest BCUT2D eigenvalue weighted by molar-refractivity contribution is 5.66. The lowest BCUT2D eigenvalue weighted by atomic mass is 10.0. The summed E-state index contributed by atoms with van der Waals surface area (Å²) in [4.78, 5) is 14.8. The summed E-state index contributed by atoms with van der Waals surface area (Å²) in [6.45, 7) is 0.663. The number of carboxylic acids is 1. The summed E-state index contributed by atoms with van der Waals surface area (Å²) < 4.78 is 0. The average molecular weight is 269 g/mol. The van der Waals surface area contributed by atoms with Crippen molar-refractivity contribution in [1.29, 1.82) is 0 Å². The van der Waals surface area contributed by atoms with Crippen molar-refractivity contribution in [3.63, 3.8) is 0 Å². The van der Waals surface area contributed by atoms with Crippen molar-refractivity contribution in [2.45, 2.75) is 25.4 Å². The molecule has 0 bridgehead atoms. The molecule has 0 aliphatic rings. The number of benzene rings is 1. The third kappa shape index (κ3) is 4.48. The van der Waals surface area contributed by atoms with E-state index in [1.807, 2.05) is 36.4 Å². The standard InChI is InChI=1S/C16H17N2O2/c19-16(20)9-8-15(14-6-2-1-3-7-14)18-12-13-5-4-10-17-11-13/h2-7,10-11,15,18H,8-9,12H2,(H,19,20). The van der Waals surface area contributed by atoms with Gasteiger partial charge < -0.3 is 10.4 Å². The van der Waals surface area contributed by atoms with Crippen LogP contribution in [0.5, 0.6) is 0 Å². The van der Waals surface area contributed by atoms with Crippen molar-refractivity contribution in [1.82, 2.24) is 10.3 Å². The number of aromatic nitrogens is 1. The highest BCUT2D eigenvalue weighted by Gasteiger charge is 2.12. The van der Waals surface area contributed by atoms with Gasteiger partial charge >= 0.3 is 5.97 Å². The summed E-state index contributed by atoms with van der Waals surface area (Å²) in [5, 5.41) is 12.2. The Bertz CT molecular complexity index is 529. The van der Waals surface area contributed by atoms with Crippen LogP contribution in [0.15, 0.2) is 48.8 Å². The highest BCUT2D eigenvalue weighted by atomic mass is 16.4. The van der Waals surface area contributed by atoms with E-state index in [4.69, 9.17) is 5.11 Å². The summed E-state index contributed by atoms with van der Waals surface area (Å²) in [7, 11) is 0. The van der Waals surface area contributed by atoms with E-state index in [0.29, 0.717) is 13.0 Å². The van der Waals surface area contributed by atoms with Crippen molar-refractivity contribution < 1.29 is 9.90 Å². The van der Waals surface area contributed by atoms with Gasteiger partial charge in [-0.2, -0.15) is 0 Å². The monoisotopic (exact) mass is 269 g/mol. The molecule has 1 radical (unpaired) electrons. The van der Waals surface area contributed by atoms with Gasteiger partial charge in [0.25, 0.3) is 0 Å². The number of nitrogens with one attached hydrogen (secondary N) is 1. The number of rotatable bonds is 7. The Morgan fingerprint density at radius 1 is 1.35 bits per heavy atom. The zero-order chi connectivity index (χ0) is 14.2. The molecule has 0 fully saturated rings. The molecule has 0 aliphatic heterocycles. The van der Waals surface area contributed by atoms with Crippen molar-refractivity contribution in [3.8, 4) is 0 Å². The van der Waals surface area contributed by atoms with Gasteiger partial charge in [-0.3, -0.25) is 9.78 Å². The largest absolute Gasteiger partial charge is 0.481 e. The first-order chi connectivity index (χ1) is 9.75. The molecule has 0 saturated heterocycles. The van der Waals surface area contributed by atoms with Crippen molar-refractivity contribution in [3.05, 3.63) is 66.0 Å². The van der Waals surface area contributed by atoms with Gasteiger partial charge in [-0.05, 0) is 29.7 Å². The first kappa shape index (κ1) is 14.2.